The summed E-state index contributed by atoms with van der Waals surface area (Å²) in [4.78, 5) is 28.2. The van der Waals surface area contributed by atoms with Gasteiger partial charge < -0.3 is 19.9 Å². The van der Waals surface area contributed by atoms with E-state index in [1.165, 1.54) is 0 Å². The molecule has 1 unspecified atom stereocenters. The predicted octanol–water partition coefficient (Wildman–Crippen LogP) is 0.794. The quantitative estimate of drug-likeness (QED) is 0.830. The van der Waals surface area contributed by atoms with Gasteiger partial charge in [0, 0.05) is 31.7 Å². The Kier molecular flexibility index (Phi) is 3.55. The van der Waals surface area contributed by atoms with E-state index >= 15 is 0 Å². The molecule has 1 aromatic rings. The van der Waals surface area contributed by atoms with Crippen LogP contribution in [0.1, 0.15) is 17.3 Å². The third-order valence-corrected chi connectivity index (χ3v) is 3.95. The van der Waals surface area contributed by atoms with Crippen LogP contribution in [-0.2, 0) is 4.79 Å². The second-order valence-corrected chi connectivity index (χ2v) is 5.56. The minimum Gasteiger partial charge on any atom is -0.479 e. The van der Waals surface area contributed by atoms with Crippen LogP contribution in [0.2, 0.25) is 0 Å². The van der Waals surface area contributed by atoms with Crippen LogP contribution in [0.25, 0.3) is 0 Å². The molecule has 21 heavy (non-hydrogen) atoms. The Morgan fingerprint density at radius 2 is 2.00 bits per heavy atom. The van der Waals surface area contributed by atoms with Crippen molar-refractivity contribution in [3.8, 4) is 5.75 Å². The van der Waals surface area contributed by atoms with Gasteiger partial charge in [-0.2, -0.15) is 0 Å². The van der Waals surface area contributed by atoms with Crippen LogP contribution in [-0.4, -0.2) is 60.9 Å². The summed E-state index contributed by atoms with van der Waals surface area (Å²) in [6.45, 7) is 4.92. The number of benzene rings is 1. The van der Waals surface area contributed by atoms with Crippen LogP contribution in [0.3, 0.4) is 0 Å². The van der Waals surface area contributed by atoms with Crippen molar-refractivity contribution in [2.24, 2.45) is 0 Å². The molecule has 2 heterocycles. The standard InChI is InChI=1S/C15H19N3O3/c1-10-14(19)16-12-9-11(3-4-13(12)21-10)15(20)18-7-5-17(2)6-8-18/h3-4,9-10H,5-8H2,1-2H3,(H,16,19). The van der Waals surface area contributed by atoms with Gasteiger partial charge in [-0.05, 0) is 32.2 Å². The van der Waals surface area contributed by atoms with Crippen molar-refractivity contribution in [2.45, 2.75) is 13.0 Å². The number of carbonyl (C=O) groups is 2. The van der Waals surface area contributed by atoms with E-state index in [2.05, 4.69) is 17.3 Å². The van der Waals surface area contributed by atoms with Gasteiger partial charge in [0.25, 0.3) is 11.8 Å². The molecular weight excluding hydrogens is 270 g/mol. The number of ether oxygens (including phenoxy) is 1. The summed E-state index contributed by atoms with van der Waals surface area (Å²) in [7, 11) is 2.05. The maximum atomic E-state index is 12.5. The molecule has 6 heteroatoms. The largest absolute Gasteiger partial charge is 0.479 e. The number of nitrogens with one attached hydrogen (secondary N) is 1. The van der Waals surface area contributed by atoms with Gasteiger partial charge in [0.1, 0.15) is 5.75 Å². The van der Waals surface area contributed by atoms with Crippen molar-refractivity contribution in [1.82, 2.24) is 9.80 Å². The molecule has 2 aliphatic rings. The Morgan fingerprint density at radius 3 is 2.71 bits per heavy atom. The average molecular weight is 289 g/mol. The van der Waals surface area contributed by atoms with Gasteiger partial charge in [-0.3, -0.25) is 9.59 Å². The first-order valence-electron chi connectivity index (χ1n) is 7.14. The van der Waals surface area contributed by atoms with Crippen LogP contribution < -0.4 is 10.1 Å². The van der Waals surface area contributed by atoms with E-state index in [1.54, 1.807) is 25.1 Å². The molecule has 1 saturated heterocycles. The molecule has 1 N–H and O–H groups in total. The second-order valence-electron chi connectivity index (χ2n) is 5.56. The molecule has 6 nitrogen and oxygen atoms in total. The molecule has 2 amide bonds. The highest BCUT2D eigenvalue weighted by Crippen LogP contribution is 2.30. The molecule has 2 aliphatic heterocycles. The zero-order chi connectivity index (χ0) is 15.0. The van der Waals surface area contributed by atoms with E-state index < -0.39 is 6.10 Å². The highest BCUT2D eigenvalue weighted by atomic mass is 16.5. The molecule has 3 rings (SSSR count). The van der Waals surface area contributed by atoms with Gasteiger partial charge in [0.15, 0.2) is 6.10 Å². The molecule has 112 valence electrons. The van der Waals surface area contributed by atoms with Crippen molar-refractivity contribution in [3.63, 3.8) is 0 Å². The summed E-state index contributed by atoms with van der Waals surface area (Å²) in [5.74, 6) is 0.419. The van der Waals surface area contributed by atoms with E-state index in [0.29, 0.717) is 17.0 Å². The van der Waals surface area contributed by atoms with E-state index in [-0.39, 0.29) is 11.8 Å². The summed E-state index contributed by atoms with van der Waals surface area (Å²) in [5, 5.41) is 2.77. The van der Waals surface area contributed by atoms with Gasteiger partial charge in [-0.15, -0.1) is 0 Å². The third-order valence-electron chi connectivity index (χ3n) is 3.95. The van der Waals surface area contributed by atoms with Crippen LogP contribution in [0.5, 0.6) is 5.75 Å². The number of hydrogen-bond acceptors (Lipinski definition) is 4. The summed E-state index contributed by atoms with van der Waals surface area (Å²) in [6.07, 6.45) is -0.503. The highest BCUT2D eigenvalue weighted by molar-refractivity contribution is 6.00. The molecule has 0 spiro atoms. The van der Waals surface area contributed by atoms with Crippen molar-refractivity contribution < 1.29 is 14.3 Å². The lowest BCUT2D eigenvalue weighted by Gasteiger charge is -2.32. The minimum absolute atomic E-state index is 0.00114. The Balaban J connectivity index is 1.79. The number of likely N-dealkylation sites (N-methyl/N-ethyl adjacent to an activating group) is 1. The van der Waals surface area contributed by atoms with Gasteiger partial charge in [-0.1, -0.05) is 0 Å². The molecule has 0 bridgehead atoms. The molecular formula is C15H19N3O3. The van der Waals surface area contributed by atoms with Gasteiger partial charge in [0.05, 0.1) is 5.69 Å². The number of piperazine rings is 1. The summed E-state index contributed by atoms with van der Waals surface area (Å²) in [6, 6.07) is 5.19. The molecule has 1 fully saturated rings. The van der Waals surface area contributed by atoms with Crippen LogP contribution >= 0.6 is 0 Å². The Morgan fingerprint density at radius 1 is 1.29 bits per heavy atom. The number of amides is 2. The van der Waals surface area contributed by atoms with Crippen LogP contribution in [0, 0.1) is 0 Å². The lowest BCUT2D eigenvalue weighted by atomic mass is 10.1. The van der Waals surface area contributed by atoms with Crippen molar-refractivity contribution in [3.05, 3.63) is 23.8 Å². The van der Waals surface area contributed by atoms with E-state index in [0.717, 1.165) is 26.2 Å². The summed E-state index contributed by atoms with van der Waals surface area (Å²) in [5.41, 5.74) is 1.15. The molecule has 1 aromatic carbocycles. The monoisotopic (exact) mass is 289 g/mol. The average Bonchev–Trinajstić information content (AvgIpc) is 2.48. The normalized spacial score (nSPS) is 22.3. The molecule has 0 radical (unpaired) electrons. The predicted molar refractivity (Wildman–Crippen MR) is 78.6 cm³/mol. The zero-order valence-electron chi connectivity index (χ0n) is 12.3. The van der Waals surface area contributed by atoms with Crippen molar-refractivity contribution in [2.75, 3.05) is 38.5 Å². The maximum Gasteiger partial charge on any atom is 0.265 e. The smallest absolute Gasteiger partial charge is 0.265 e. The fraction of sp³-hybridized carbons (Fsp3) is 0.467. The van der Waals surface area contributed by atoms with E-state index in [1.807, 2.05) is 4.90 Å². The Hall–Kier alpha value is -2.08. The second kappa shape index (κ2) is 5.37. The Labute approximate surface area is 123 Å². The summed E-state index contributed by atoms with van der Waals surface area (Å²) >= 11 is 0. The number of nitrogens with zero attached hydrogens (tertiary/aromatic N) is 2. The van der Waals surface area contributed by atoms with E-state index in [9.17, 15) is 9.59 Å². The number of rotatable bonds is 1. The third kappa shape index (κ3) is 2.71. The van der Waals surface area contributed by atoms with Gasteiger partial charge in [0.2, 0.25) is 0 Å². The number of hydrogen-bond donors (Lipinski definition) is 1. The number of carbonyl (C=O) groups excluding carboxylic acids is 2. The topological polar surface area (TPSA) is 61.9 Å². The SMILES string of the molecule is CC1Oc2ccc(C(=O)N3CCN(C)CC3)cc2NC1=O. The number of anilines is 1. The fourth-order valence-corrected chi connectivity index (χ4v) is 2.53. The lowest BCUT2D eigenvalue weighted by Crippen LogP contribution is -2.47. The molecule has 0 aromatic heterocycles. The first kappa shape index (κ1) is 13.9. The first-order valence-corrected chi connectivity index (χ1v) is 7.14. The first-order chi connectivity index (χ1) is 10.0. The summed E-state index contributed by atoms with van der Waals surface area (Å²) < 4.78 is 5.49. The maximum absolute atomic E-state index is 12.5. The van der Waals surface area contributed by atoms with E-state index in [4.69, 9.17) is 4.74 Å². The molecule has 1 atom stereocenters. The highest BCUT2D eigenvalue weighted by Gasteiger charge is 2.26. The van der Waals surface area contributed by atoms with Gasteiger partial charge in [-0.25, -0.2) is 0 Å². The number of fused-ring (bicyclic) bond motifs is 1. The Bertz CT molecular complexity index is 580. The molecule has 0 saturated carbocycles. The lowest BCUT2D eigenvalue weighted by molar-refractivity contribution is -0.122. The molecule has 0 aliphatic carbocycles. The van der Waals surface area contributed by atoms with Gasteiger partial charge >= 0.3 is 0 Å². The zero-order valence-corrected chi connectivity index (χ0v) is 12.3. The van der Waals surface area contributed by atoms with Crippen LogP contribution in [0.15, 0.2) is 18.2 Å². The van der Waals surface area contributed by atoms with Crippen molar-refractivity contribution >= 4 is 17.5 Å². The van der Waals surface area contributed by atoms with Crippen LogP contribution in [0.4, 0.5) is 5.69 Å². The van der Waals surface area contributed by atoms with Crippen molar-refractivity contribution in [1.29, 1.82) is 0 Å². The fourth-order valence-electron chi connectivity index (χ4n) is 2.53. The minimum atomic E-state index is -0.503.